The molecule has 202 valence electrons. The highest BCUT2D eigenvalue weighted by atomic mass is 32.2. The van der Waals surface area contributed by atoms with E-state index in [1.165, 1.54) is 30.2 Å². The lowest BCUT2D eigenvalue weighted by Crippen LogP contribution is -2.52. The Morgan fingerprint density at radius 2 is 1.58 bits per heavy atom. The molecule has 0 radical (unpaired) electrons. The maximum atomic E-state index is 13.6. The number of carbonyl (C=O) groups excluding carboxylic acids is 1. The van der Waals surface area contributed by atoms with Gasteiger partial charge in [0, 0.05) is 31.9 Å². The van der Waals surface area contributed by atoms with Crippen LogP contribution in [0.5, 0.6) is 5.75 Å². The van der Waals surface area contributed by atoms with Crippen LogP contribution in [0.2, 0.25) is 0 Å². The molecule has 1 heterocycles. The topological polar surface area (TPSA) is 70.2 Å². The lowest BCUT2D eigenvalue weighted by atomic mass is 10.1. The average molecular weight is 548 g/mol. The lowest BCUT2D eigenvalue weighted by molar-refractivity contribution is -0.137. The summed E-state index contributed by atoms with van der Waals surface area (Å²) < 4.78 is 72.8. The number of hydrogen-bond acceptors (Lipinski definition) is 5. The summed E-state index contributed by atoms with van der Waals surface area (Å²) in [5.41, 5.74) is 0.899. The SMILES string of the molecule is COc1ccc(N(CC(=O)N2CCN(c3cccc(C(F)(F)F)c3)CC2)S(=O)(=O)c2ccc(C)cc2)cc1. The van der Waals surface area contributed by atoms with Gasteiger partial charge in [-0.15, -0.1) is 0 Å². The molecule has 11 heteroatoms. The Morgan fingerprint density at radius 3 is 2.16 bits per heavy atom. The van der Waals surface area contributed by atoms with Gasteiger partial charge >= 0.3 is 6.18 Å². The van der Waals surface area contributed by atoms with Crippen LogP contribution < -0.4 is 13.9 Å². The van der Waals surface area contributed by atoms with Crippen LogP contribution in [-0.4, -0.2) is 59.1 Å². The van der Waals surface area contributed by atoms with E-state index in [-0.39, 0.29) is 18.0 Å². The number of amides is 1. The van der Waals surface area contributed by atoms with Crippen molar-refractivity contribution in [3.63, 3.8) is 0 Å². The molecule has 1 amide bonds. The van der Waals surface area contributed by atoms with Gasteiger partial charge in [-0.25, -0.2) is 8.42 Å². The van der Waals surface area contributed by atoms with Gasteiger partial charge in [0.05, 0.1) is 23.3 Å². The summed E-state index contributed by atoms with van der Waals surface area (Å²) in [5.74, 6) is 0.138. The molecule has 0 N–H and O–H groups in total. The van der Waals surface area contributed by atoms with Crippen molar-refractivity contribution in [3.8, 4) is 5.75 Å². The summed E-state index contributed by atoms with van der Waals surface area (Å²) in [6.07, 6.45) is -4.44. The molecule has 1 aliphatic heterocycles. The Labute approximate surface area is 220 Å². The van der Waals surface area contributed by atoms with E-state index in [1.807, 2.05) is 6.92 Å². The van der Waals surface area contributed by atoms with E-state index >= 15 is 0 Å². The normalized spacial score (nSPS) is 14.3. The molecule has 3 aromatic carbocycles. The molecule has 0 saturated carbocycles. The largest absolute Gasteiger partial charge is 0.497 e. The fourth-order valence-corrected chi connectivity index (χ4v) is 5.63. The van der Waals surface area contributed by atoms with Crippen LogP contribution in [0.3, 0.4) is 0 Å². The van der Waals surface area contributed by atoms with Crippen LogP contribution in [0.25, 0.3) is 0 Å². The Morgan fingerprint density at radius 1 is 0.947 bits per heavy atom. The number of rotatable bonds is 7. The summed E-state index contributed by atoms with van der Waals surface area (Å²) in [7, 11) is -2.57. The Hall–Kier alpha value is -3.73. The number of ether oxygens (including phenoxy) is 1. The first-order valence-electron chi connectivity index (χ1n) is 11.9. The van der Waals surface area contributed by atoms with Gasteiger partial charge in [-0.2, -0.15) is 13.2 Å². The Bertz CT molecular complexity index is 1370. The average Bonchev–Trinajstić information content (AvgIpc) is 2.91. The fraction of sp³-hybridized carbons (Fsp3) is 0.296. The number of piperazine rings is 1. The zero-order chi connectivity index (χ0) is 27.5. The molecule has 0 bridgehead atoms. The first-order valence-corrected chi connectivity index (χ1v) is 13.4. The fourth-order valence-electron chi connectivity index (χ4n) is 4.22. The van der Waals surface area contributed by atoms with E-state index in [0.29, 0.717) is 30.2 Å². The molecule has 0 aliphatic carbocycles. The van der Waals surface area contributed by atoms with E-state index in [0.717, 1.165) is 22.0 Å². The zero-order valence-electron chi connectivity index (χ0n) is 21.0. The number of benzene rings is 3. The molecular weight excluding hydrogens is 519 g/mol. The van der Waals surface area contributed by atoms with Crippen LogP contribution in [-0.2, 0) is 21.0 Å². The number of sulfonamides is 1. The molecule has 0 atom stereocenters. The van der Waals surface area contributed by atoms with E-state index in [9.17, 15) is 26.4 Å². The standard InChI is InChI=1S/C27H28F3N3O4S/c1-20-6-12-25(13-7-20)38(35,36)33(22-8-10-24(37-2)11-9-22)19-26(34)32-16-14-31(15-17-32)23-5-3-4-21(18-23)27(28,29)30/h3-13,18H,14-17,19H2,1-2H3. The Balaban J connectivity index is 1.52. The zero-order valence-corrected chi connectivity index (χ0v) is 21.8. The highest BCUT2D eigenvalue weighted by Crippen LogP contribution is 2.32. The molecule has 1 aliphatic rings. The first-order chi connectivity index (χ1) is 18.0. The van der Waals surface area contributed by atoms with E-state index in [2.05, 4.69) is 0 Å². The summed E-state index contributed by atoms with van der Waals surface area (Å²) in [6.45, 7) is 2.55. The number of alkyl halides is 3. The van der Waals surface area contributed by atoms with Crippen LogP contribution >= 0.6 is 0 Å². The van der Waals surface area contributed by atoms with Crippen LogP contribution in [0.15, 0.2) is 77.7 Å². The van der Waals surface area contributed by atoms with Gasteiger partial charge in [0.25, 0.3) is 10.0 Å². The third-order valence-corrected chi connectivity index (χ3v) is 8.21. The van der Waals surface area contributed by atoms with Crippen molar-refractivity contribution in [1.82, 2.24) is 4.90 Å². The van der Waals surface area contributed by atoms with Gasteiger partial charge in [-0.05, 0) is 61.5 Å². The predicted molar refractivity (Wildman–Crippen MR) is 139 cm³/mol. The molecule has 3 aromatic rings. The third kappa shape index (κ3) is 6.04. The van der Waals surface area contributed by atoms with E-state index in [1.54, 1.807) is 47.4 Å². The maximum Gasteiger partial charge on any atom is 0.416 e. The summed E-state index contributed by atoms with van der Waals surface area (Å²) in [4.78, 5) is 16.7. The minimum absolute atomic E-state index is 0.0566. The summed E-state index contributed by atoms with van der Waals surface area (Å²) in [6, 6.07) is 17.8. The monoisotopic (exact) mass is 547 g/mol. The second-order valence-electron chi connectivity index (χ2n) is 8.94. The smallest absolute Gasteiger partial charge is 0.416 e. The van der Waals surface area contributed by atoms with Gasteiger partial charge in [-0.1, -0.05) is 23.8 Å². The van der Waals surface area contributed by atoms with Gasteiger partial charge < -0.3 is 14.5 Å². The minimum Gasteiger partial charge on any atom is -0.497 e. The van der Waals surface area contributed by atoms with Crippen molar-refractivity contribution in [2.75, 3.05) is 49.0 Å². The van der Waals surface area contributed by atoms with Crippen molar-refractivity contribution >= 4 is 27.3 Å². The number of aryl methyl sites for hydroxylation is 1. The molecular formula is C27H28F3N3O4S. The molecule has 0 spiro atoms. The second-order valence-corrected chi connectivity index (χ2v) is 10.8. The molecule has 7 nitrogen and oxygen atoms in total. The van der Waals surface area contributed by atoms with Crippen LogP contribution in [0, 0.1) is 6.92 Å². The van der Waals surface area contributed by atoms with Gasteiger partial charge in [-0.3, -0.25) is 9.10 Å². The van der Waals surface area contributed by atoms with Crippen molar-refractivity contribution in [3.05, 3.63) is 83.9 Å². The van der Waals surface area contributed by atoms with Crippen molar-refractivity contribution < 1.29 is 31.1 Å². The van der Waals surface area contributed by atoms with Crippen LogP contribution in [0.1, 0.15) is 11.1 Å². The van der Waals surface area contributed by atoms with Crippen LogP contribution in [0.4, 0.5) is 24.5 Å². The highest BCUT2D eigenvalue weighted by molar-refractivity contribution is 7.92. The van der Waals surface area contributed by atoms with E-state index < -0.39 is 34.2 Å². The Kier molecular flexibility index (Phi) is 7.86. The summed E-state index contributed by atoms with van der Waals surface area (Å²) >= 11 is 0. The van der Waals surface area contributed by atoms with Gasteiger partial charge in [0.2, 0.25) is 5.91 Å². The van der Waals surface area contributed by atoms with Crippen molar-refractivity contribution in [2.45, 2.75) is 18.0 Å². The molecule has 4 rings (SSSR count). The van der Waals surface area contributed by atoms with Gasteiger partial charge in [0.15, 0.2) is 0 Å². The van der Waals surface area contributed by atoms with Gasteiger partial charge in [0.1, 0.15) is 12.3 Å². The summed E-state index contributed by atoms with van der Waals surface area (Å²) in [5, 5.41) is 0. The first kappa shape index (κ1) is 27.3. The molecule has 38 heavy (non-hydrogen) atoms. The second kappa shape index (κ2) is 10.9. The number of nitrogens with zero attached hydrogens (tertiary/aromatic N) is 3. The molecule has 1 saturated heterocycles. The van der Waals surface area contributed by atoms with Crippen molar-refractivity contribution in [2.24, 2.45) is 0 Å². The quantitative estimate of drug-likeness (QED) is 0.434. The highest BCUT2D eigenvalue weighted by Gasteiger charge is 2.32. The number of halogens is 3. The third-order valence-electron chi connectivity index (χ3n) is 6.42. The lowest BCUT2D eigenvalue weighted by Gasteiger charge is -2.37. The molecule has 1 fully saturated rings. The maximum absolute atomic E-state index is 13.6. The number of methoxy groups -OCH3 is 1. The van der Waals surface area contributed by atoms with E-state index in [4.69, 9.17) is 4.74 Å². The number of carbonyl (C=O) groups is 1. The predicted octanol–water partition coefficient (Wildman–Crippen LogP) is 4.57. The number of hydrogen-bond donors (Lipinski definition) is 0. The number of anilines is 2. The van der Waals surface area contributed by atoms with Crippen molar-refractivity contribution in [1.29, 1.82) is 0 Å². The molecule has 0 aromatic heterocycles. The molecule has 0 unspecified atom stereocenters. The minimum atomic E-state index is -4.44.